The van der Waals surface area contributed by atoms with Crippen LogP contribution in [-0.2, 0) is 29.6 Å². The van der Waals surface area contributed by atoms with Crippen molar-refractivity contribution in [3.63, 3.8) is 0 Å². The van der Waals surface area contributed by atoms with Crippen LogP contribution in [0.2, 0.25) is 0 Å². The summed E-state index contributed by atoms with van der Waals surface area (Å²) in [7, 11) is 2.64. The van der Waals surface area contributed by atoms with Crippen molar-refractivity contribution in [1.29, 1.82) is 0 Å². The fraction of sp³-hybridized carbons (Fsp3) is 0.429. The largest absolute Gasteiger partial charge is 0.493 e. The Labute approximate surface area is 177 Å². The van der Waals surface area contributed by atoms with Gasteiger partial charge in [0, 0.05) is 19.6 Å². The van der Waals surface area contributed by atoms with E-state index in [4.69, 9.17) is 23.1 Å². The van der Waals surface area contributed by atoms with Crippen LogP contribution >= 0.6 is 0 Å². The van der Waals surface area contributed by atoms with Crippen LogP contribution < -0.4 is 23.1 Å². The minimum atomic E-state index is -3.63. The fourth-order valence-electron chi connectivity index (χ4n) is 3.63. The Morgan fingerprint density at radius 3 is 1.97 bits per heavy atom. The lowest BCUT2D eigenvalue weighted by atomic mass is 9.98. The zero-order chi connectivity index (χ0) is 21.9. The number of hydrogen-bond acceptors (Lipinski definition) is 8. The Morgan fingerprint density at radius 2 is 1.43 bits per heavy atom. The molecule has 0 bridgehead atoms. The molecule has 0 amide bonds. The van der Waals surface area contributed by atoms with Crippen LogP contribution in [-0.4, -0.2) is 54.6 Å². The lowest BCUT2D eigenvalue weighted by Gasteiger charge is -2.30. The first kappa shape index (κ1) is 22.0. The minimum Gasteiger partial charge on any atom is -0.493 e. The van der Waals surface area contributed by atoms with Crippen molar-refractivity contribution in [2.24, 2.45) is 0 Å². The smallest absolute Gasteiger partial charge is 0.306 e. The third-order valence-corrected chi connectivity index (χ3v) is 5.43. The van der Waals surface area contributed by atoms with Crippen LogP contribution in [0.15, 0.2) is 24.3 Å². The third-order valence-electron chi connectivity index (χ3n) is 4.95. The van der Waals surface area contributed by atoms with E-state index in [0.717, 1.165) is 35.9 Å². The lowest BCUT2D eigenvalue weighted by molar-refractivity contribution is 0.243. The number of methoxy groups -OCH3 is 4. The van der Waals surface area contributed by atoms with Gasteiger partial charge in [0.2, 0.25) is 5.75 Å². The Balaban J connectivity index is 1.83. The molecule has 0 N–H and O–H groups in total. The summed E-state index contributed by atoms with van der Waals surface area (Å²) in [5, 5.41) is 0. The zero-order valence-corrected chi connectivity index (χ0v) is 18.7. The highest BCUT2D eigenvalue weighted by molar-refractivity contribution is 7.86. The Morgan fingerprint density at radius 1 is 0.833 bits per heavy atom. The van der Waals surface area contributed by atoms with Gasteiger partial charge in [-0.15, -0.1) is 0 Å². The molecule has 0 saturated carbocycles. The highest BCUT2D eigenvalue weighted by atomic mass is 32.2. The monoisotopic (exact) mass is 437 g/mol. The average Bonchev–Trinajstić information content (AvgIpc) is 2.71. The molecule has 0 aromatic heterocycles. The van der Waals surface area contributed by atoms with Gasteiger partial charge in [-0.05, 0) is 47.4 Å². The van der Waals surface area contributed by atoms with Crippen LogP contribution in [0.4, 0.5) is 0 Å². The van der Waals surface area contributed by atoms with E-state index in [1.54, 1.807) is 27.4 Å². The molecule has 3 rings (SSSR count). The normalized spacial score (nSPS) is 14.0. The second-order valence-corrected chi connectivity index (χ2v) is 8.63. The van der Waals surface area contributed by atoms with Crippen LogP contribution in [0.3, 0.4) is 0 Å². The van der Waals surface area contributed by atoms with E-state index < -0.39 is 10.1 Å². The number of fused-ring (bicyclic) bond motifs is 1. The van der Waals surface area contributed by atoms with E-state index >= 15 is 0 Å². The summed E-state index contributed by atoms with van der Waals surface area (Å²) in [6.45, 7) is 2.20. The molecule has 0 radical (unpaired) electrons. The number of benzene rings is 2. The van der Waals surface area contributed by atoms with Gasteiger partial charge < -0.3 is 23.1 Å². The van der Waals surface area contributed by atoms with Crippen LogP contribution in [0, 0.1) is 0 Å². The van der Waals surface area contributed by atoms with Gasteiger partial charge in [0.05, 0.1) is 34.7 Å². The standard InChI is InChI=1S/C21H27NO7S/c1-25-17-11-16-13-22(7-6-15(16)10-18(17)29-30(5,23)24)12-14-8-19(26-2)21(28-4)20(9-14)27-3/h8-11H,6-7,12-13H2,1-5H3. The number of rotatable bonds is 8. The second kappa shape index (κ2) is 9.01. The lowest BCUT2D eigenvalue weighted by Crippen LogP contribution is -2.30. The molecular weight excluding hydrogens is 410 g/mol. The predicted octanol–water partition coefficient (Wildman–Crippen LogP) is 2.62. The highest BCUT2D eigenvalue weighted by Gasteiger charge is 2.22. The molecule has 2 aromatic carbocycles. The average molecular weight is 438 g/mol. The van der Waals surface area contributed by atoms with E-state index in [0.29, 0.717) is 36.1 Å². The fourth-order valence-corrected chi connectivity index (χ4v) is 4.09. The van der Waals surface area contributed by atoms with E-state index in [1.165, 1.54) is 7.11 Å². The number of ether oxygens (including phenoxy) is 4. The minimum absolute atomic E-state index is 0.219. The molecule has 0 unspecified atom stereocenters. The van der Waals surface area contributed by atoms with Crippen molar-refractivity contribution >= 4 is 10.1 Å². The molecular formula is C21H27NO7S. The van der Waals surface area contributed by atoms with Crippen LogP contribution in [0.1, 0.15) is 16.7 Å². The molecule has 0 spiro atoms. The van der Waals surface area contributed by atoms with Gasteiger partial charge in [0.1, 0.15) is 0 Å². The van der Waals surface area contributed by atoms with Crippen molar-refractivity contribution in [3.8, 4) is 28.7 Å². The Bertz CT molecular complexity index is 995. The van der Waals surface area contributed by atoms with Gasteiger partial charge >= 0.3 is 10.1 Å². The molecule has 0 aliphatic carbocycles. The Kier molecular flexibility index (Phi) is 6.62. The van der Waals surface area contributed by atoms with Crippen molar-refractivity contribution in [2.75, 3.05) is 41.2 Å². The molecule has 1 aliphatic rings. The molecule has 2 aromatic rings. The van der Waals surface area contributed by atoms with Gasteiger partial charge in [0.15, 0.2) is 23.0 Å². The zero-order valence-electron chi connectivity index (χ0n) is 17.9. The molecule has 8 nitrogen and oxygen atoms in total. The summed E-state index contributed by atoms with van der Waals surface area (Å²) in [6, 6.07) is 7.49. The topological polar surface area (TPSA) is 83.5 Å². The first-order chi connectivity index (χ1) is 14.3. The van der Waals surface area contributed by atoms with E-state index in [1.807, 2.05) is 18.2 Å². The molecule has 0 fully saturated rings. The van der Waals surface area contributed by atoms with Gasteiger partial charge in [0.25, 0.3) is 0 Å². The molecule has 1 heterocycles. The quantitative estimate of drug-likeness (QED) is 0.583. The maximum atomic E-state index is 11.5. The molecule has 30 heavy (non-hydrogen) atoms. The Hall–Kier alpha value is -2.65. The molecule has 0 saturated heterocycles. The summed E-state index contributed by atoms with van der Waals surface area (Å²) in [4.78, 5) is 2.29. The maximum absolute atomic E-state index is 11.5. The highest BCUT2D eigenvalue weighted by Crippen LogP contribution is 2.39. The van der Waals surface area contributed by atoms with Crippen molar-refractivity contribution < 1.29 is 31.5 Å². The van der Waals surface area contributed by atoms with Crippen molar-refractivity contribution in [1.82, 2.24) is 4.90 Å². The third kappa shape index (κ3) is 4.91. The predicted molar refractivity (Wildman–Crippen MR) is 112 cm³/mol. The number of nitrogens with zero attached hydrogens (tertiary/aromatic N) is 1. The first-order valence-corrected chi connectivity index (χ1v) is 11.2. The van der Waals surface area contributed by atoms with E-state index in [-0.39, 0.29) is 5.75 Å². The molecule has 1 aliphatic heterocycles. The van der Waals surface area contributed by atoms with Crippen molar-refractivity contribution in [3.05, 3.63) is 41.0 Å². The summed E-state index contributed by atoms with van der Waals surface area (Å²) in [5.41, 5.74) is 3.17. The SMILES string of the molecule is COc1cc2c(cc1OS(C)(=O)=O)CCN(Cc1cc(OC)c(OC)c(OC)c1)C2. The van der Waals surface area contributed by atoms with Gasteiger partial charge in [-0.3, -0.25) is 4.90 Å². The second-order valence-electron chi connectivity index (χ2n) is 7.05. The summed E-state index contributed by atoms with van der Waals surface area (Å²) < 4.78 is 49.8. The first-order valence-electron chi connectivity index (χ1n) is 9.38. The molecule has 9 heteroatoms. The van der Waals surface area contributed by atoms with E-state index in [9.17, 15) is 8.42 Å². The van der Waals surface area contributed by atoms with Gasteiger partial charge in [-0.1, -0.05) is 0 Å². The van der Waals surface area contributed by atoms with Gasteiger partial charge in [-0.25, -0.2) is 0 Å². The molecule has 164 valence electrons. The summed E-state index contributed by atoms with van der Waals surface area (Å²) in [5.74, 6) is 2.42. The number of hydrogen-bond donors (Lipinski definition) is 0. The maximum Gasteiger partial charge on any atom is 0.306 e. The van der Waals surface area contributed by atoms with Crippen LogP contribution in [0.5, 0.6) is 28.7 Å². The summed E-state index contributed by atoms with van der Waals surface area (Å²) >= 11 is 0. The van der Waals surface area contributed by atoms with Crippen molar-refractivity contribution in [2.45, 2.75) is 19.5 Å². The van der Waals surface area contributed by atoms with Crippen LogP contribution in [0.25, 0.3) is 0 Å². The summed E-state index contributed by atoms with van der Waals surface area (Å²) in [6.07, 6.45) is 1.79. The molecule has 0 atom stereocenters. The van der Waals surface area contributed by atoms with Gasteiger partial charge in [-0.2, -0.15) is 8.42 Å². The van der Waals surface area contributed by atoms with E-state index in [2.05, 4.69) is 4.90 Å².